The van der Waals surface area contributed by atoms with Crippen LogP contribution in [0.3, 0.4) is 0 Å². The summed E-state index contributed by atoms with van der Waals surface area (Å²) in [7, 11) is -1.49. The second-order valence-electron chi connectivity index (χ2n) is 3.41. The third kappa shape index (κ3) is 4.28. The minimum absolute atomic E-state index is 0.212. The molecule has 6 heteroatoms. The van der Waals surface area contributed by atoms with Crippen molar-refractivity contribution >= 4 is 7.60 Å². The topological polar surface area (TPSA) is 57.9 Å². The van der Waals surface area contributed by atoms with Gasteiger partial charge in [-0.2, -0.15) is 0 Å². The van der Waals surface area contributed by atoms with E-state index in [1.54, 1.807) is 33.3 Å². The molecule has 0 aliphatic rings. The molecule has 0 amide bonds. The lowest BCUT2D eigenvalue weighted by Gasteiger charge is -2.16. The van der Waals surface area contributed by atoms with Gasteiger partial charge in [-0.15, -0.1) is 0 Å². The zero-order valence-electron chi connectivity index (χ0n) is 10.5. The van der Waals surface area contributed by atoms with Crippen molar-refractivity contribution in [2.75, 3.05) is 20.3 Å². The Labute approximate surface area is 102 Å². The van der Waals surface area contributed by atoms with Crippen molar-refractivity contribution in [2.24, 2.45) is 0 Å². The first-order chi connectivity index (χ1) is 8.15. The molecule has 0 fully saturated rings. The van der Waals surface area contributed by atoms with E-state index in [1.165, 1.54) is 0 Å². The monoisotopic (exact) mass is 262 g/mol. The number of rotatable bonds is 8. The number of furan rings is 1. The van der Waals surface area contributed by atoms with Crippen LogP contribution in [-0.4, -0.2) is 20.3 Å². The highest BCUT2D eigenvalue weighted by atomic mass is 31.2. The van der Waals surface area contributed by atoms with Gasteiger partial charge in [0.1, 0.15) is 12.4 Å². The van der Waals surface area contributed by atoms with Crippen LogP contribution in [0.5, 0.6) is 0 Å². The number of ether oxygens (including phenoxy) is 1. The predicted molar refractivity (Wildman–Crippen MR) is 64.0 cm³/mol. The highest BCUT2D eigenvalue weighted by Crippen LogP contribution is 2.51. The molecule has 98 valence electrons. The molecule has 1 rings (SSSR count). The molecule has 1 heterocycles. The molecule has 0 unspecified atom stereocenters. The van der Waals surface area contributed by atoms with Crippen molar-refractivity contribution < 1.29 is 22.8 Å². The third-order valence-electron chi connectivity index (χ3n) is 2.13. The van der Waals surface area contributed by atoms with Crippen molar-refractivity contribution in [2.45, 2.75) is 26.6 Å². The van der Waals surface area contributed by atoms with Crippen LogP contribution in [0.25, 0.3) is 0 Å². The first kappa shape index (κ1) is 14.5. The van der Waals surface area contributed by atoms with Gasteiger partial charge in [0.2, 0.25) is 0 Å². The fourth-order valence-corrected chi connectivity index (χ4v) is 3.24. The van der Waals surface area contributed by atoms with Gasteiger partial charge in [0, 0.05) is 12.7 Å². The quantitative estimate of drug-likeness (QED) is 0.673. The third-order valence-corrected chi connectivity index (χ3v) is 4.16. The van der Waals surface area contributed by atoms with Crippen molar-refractivity contribution in [3.8, 4) is 0 Å². The largest absolute Gasteiger partial charge is 0.467 e. The Morgan fingerprint density at radius 2 is 1.94 bits per heavy atom. The average Bonchev–Trinajstić information content (AvgIpc) is 2.66. The smallest absolute Gasteiger partial charge is 0.335 e. The maximum atomic E-state index is 12.3. The molecule has 0 aromatic carbocycles. The summed E-state index contributed by atoms with van der Waals surface area (Å²) >= 11 is 0. The van der Waals surface area contributed by atoms with Gasteiger partial charge in [0.05, 0.1) is 25.6 Å². The maximum absolute atomic E-state index is 12.3. The van der Waals surface area contributed by atoms with Gasteiger partial charge in [-0.1, -0.05) is 0 Å². The van der Waals surface area contributed by atoms with E-state index in [0.717, 1.165) is 5.56 Å². The average molecular weight is 262 g/mol. The highest BCUT2D eigenvalue weighted by molar-refractivity contribution is 7.53. The van der Waals surface area contributed by atoms with Crippen LogP contribution < -0.4 is 0 Å². The van der Waals surface area contributed by atoms with E-state index >= 15 is 0 Å². The van der Waals surface area contributed by atoms with Gasteiger partial charge < -0.3 is 18.2 Å². The Morgan fingerprint density at radius 3 is 2.47 bits per heavy atom. The molecule has 1 aromatic heterocycles. The Kier molecular flexibility index (Phi) is 5.92. The number of hydrogen-bond acceptors (Lipinski definition) is 5. The van der Waals surface area contributed by atoms with Crippen LogP contribution in [0, 0.1) is 0 Å². The molecule has 17 heavy (non-hydrogen) atoms. The summed E-state index contributed by atoms with van der Waals surface area (Å²) in [6.07, 6.45) is 1.76. The maximum Gasteiger partial charge on any atom is 0.335 e. The SMILES string of the molecule is CCOP(=O)(Cc1ccoc1COC)OCC. The summed E-state index contributed by atoms with van der Waals surface area (Å²) in [4.78, 5) is 0. The van der Waals surface area contributed by atoms with E-state index in [1.807, 2.05) is 0 Å². The lowest BCUT2D eigenvalue weighted by Crippen LogP contribution is -2.00. The molecule has 0 saturated heterocycles. The second kappa shape index (κ2) is 6.97. The molecular formula is C11H19O5P. The van der Waals surface area contributed by atoms with E-state index in [9.17, 15) is 4.57 Å². The highest BCUT2D eigenvalue weighted by Gasteiger charge is 2.26. The van der Waals surface area contributed by atoms with Gasteiger partial charge in [-0.25, -0.2) is 0 Å². The van der Waals surface area contributed by atoms with Gasteiger partial charge in [-0.3, -0.25) is 4.57 Å². The molecular weight excluding hydrogens is 243 g/mol. The summed E-state index contributed by atoms with van der Waals surface area (Å²) < 4.78 is 33.0. The molecule has 0 bridgehead atoms. The fourth-order valence-electron chi connectivity index (χ4n) is 1.50. The van der Waals surface area contributed by atoms with Crippen LogP contribution in [0.15, 0.2) is 16.7 Å². The standard InChI is InChI=1S/C11H19O5P/c1-4-15-17(12,16-5-2)9-10-6-7-14-11(10)8-13-3/h6-7H,4-5,8-9H2,1-3H3. The minimum Gasteiger partial charge on any atom is -0.467 e. The molecule has 0 aliphatic carbocycles. The summed E-state index contributed by atoms with van der Waals surface area (Å²) in [5, 5.41) is 0. The first-order valence-electron chi connectivity index (χ1n) is 5.57. The van der Waals surface area contributed by atoms with E-state index in [0.29, 0.717) is 25.6 Å². The van der Waals surface area contributed by atoms with Crippen LogP contribution in [0.2, 0.25) is 0 Å². The summed E-state index contributed by atoms with van der Waals surface area (Å²) in [6.45, 7) is 4.64. The van der Waals surface area contributed by atoms with E-state index < -0.39 is 7.60 Å². The molecule has 1 aromatic rings. The Bertz CT molecular complexity index is 364. The molecule has 0 N–H and O–H groups in total. The van der Waals surface area contributed by atoms with Crippen LogP contribution >= 0.6 is 7.60 Å². The zero-order valence-corrected chi connectivity index (χ0v) is 11.4. The van der Waals surface area contributed by atoms with Gasteiger partial charge in [-0.05, 0) is 19.9 Å². The van der Waals surface area contributed by atoms with E-state index in [-0.39, 0.29) is 6.16 Å². The molecule has 5 nitrogen and oxygen atoms in total. The van der Waals surface area contributed by atoms with E-state index in [2.05, 4.69) is 0 Å². The van der Waals surface area contributed by atoms with E-state index in [4.69, 9.17) is 18.2 Å². The Hall–Kier alpha value is -0.610. The van der Waals surface area contributed by atoms with Gasteiger partial charge in [0.25, 0.3) is 0 Å². The van der Waals surface area contributed by atoms with Crippen molar-refractivity contribution in [1.29, 1.82) is 0 Å². The predicted octanol–water partition coefficient (Wildman–Crippen LogP) is 3.19. The molecule has 0 spiro atoms. The van der Waals surface area contributed by atoms with Gasteiger partial charge >= 0.3 is 7.60 Å². The molecule has 0 atom stereocenters. The Morgan fingerprint density at radius 1 is 1.29 bits per heavy atom. The summed E-state index contributed by atoms with van der Waals surface area (Å²) in [5.41, 5.74) is 0.803. The summed E-state index contributed by atoms with van der Waals surface area (Å²) in [6, 6.07) is 1.76. The zero-order chi connectivity index (χ0) is 12.7. The van der Waals surface area contributed by atoms with Crippen molar-refractivity contribution in [1.82, 2.24) is 0 Å². The fraction of sp³-hybridized carbons (Fsp3) is 0.636. The van der Waals surface area contributed by atoms with Crippen LogP contribution in [0.4, 0.5) is 0 Å². The first-order valence-corrected chi connectivity index (χ1v) is 7.30. The van der Waals surface area contributed by atoms with Crippen LogP contribution in [-0.2, 0) is 31.1 Å². The lowest BCUT2D eigenvalue weighted by atomic mass is 10.3. The van der Waals surface area contributed by atoms with Gasteiger partial charge in [0.15, 0.2) is 0 Å². The normalized spacial score (nSPS) is 11.9. The van der Waals surface area contributed by atoms with Crippen LogP contribution in [0.1, 0.15) is 25.2 Å². The molecule has 0 saturated carbocycles. The number of hydrogen-bond donors (Lipinski definition) is 0. The number of methoxy groups -OCH3 is 1. The second-order valence-corrected chi connectivity index (χ2v) is 5.46. The summed E-state index contributed by atoms with van der Waals surface area (Å²) in [5.74, 6) is 0.659. The molecule has 0 radical (unpaired) electrons. The van der Waals surface area contributed by atoms with Crippen molar-refractivity contribution in [3.05, 3.63) is 23.7 Å². The lowest BCUT2D eigenvalue weighted by molar-refractivity contribution is 0.163. The van der Waals surface area contributed by atoms with Crippen molar-refractivity contribution in [3.63, 3.8) is 0 Å². The molecule has 0 aliphatic heterocycles. The minimum atomic E-state index is -3.07. The Balaban J connectivity index is 2.78.